The lowest BCUT2D eigenvalue weighted by Crippen LogP contribution is -1.90. The summed E-state index contributed by atoms with van der Waals surface area (Å²) in [7, 11) is 0. The van der Waals surface area contributed by atoms with Gasteiger partial charge in [-0.2, -0.15) is 0 Å². The smallest absolute Gasteiger partial charge is 0.0438 e. The summed E-state index contributed by atoms with van der Waals surface area (Å²) in [5.41, 5.74) is 2.35. The van der Waals surface area contributed by atoms with Crippen LogP contribution in [0.2, 0.25) is 5.02 Å². The normalized spacial score (nSPS) is 11.1. The van der Waals surface area contributed by atoms with E-state index in [-0.39, 0.29) is 0 Å². The van der Waals surface area contributed by atoms with Crippen molar-refractivity contribution in [2.24, 2.45) is 0 Å². The fourth-order valence-corrected chi connectivity index (χ4v) is 1.72. The molecule has 0 fully saturated rings. The van der Waals surface area contributed by atoms with Crippen molar-refractivity contribution in [3.05, 3.63) is 40.4 Å². The molecule has 0 amide bonds. The van der Waals surface area contributed by atoms with Gasteiger partial charge >= 0.3 is 0 Å². The van der Waals surface area contributed by atoms with E-state index < -0.39 is 0 Å². The van der Waals surface area contributed by atoms with Gasteiger partial charge in [-0.1, -0.05) is 23.8 Å². The molecule has 13 heavy (non-hydrogen) atoms. The molecule has 0 radical (unpaired) electrons. The Morgan fingerprint density at radius 3 is 2.77 bits per heavy atom. The standard InChI is InChI=1S/C11H13ClS/c1-3-4-5-9-8(2)10(12)6-7-11(9)13/h3-4,6-7,13H,5H2,1-2H3. The quantitative estimate of drug-likeness (QED) is 0.555. The van der Waals surface area contributed by atoms with Crippen LogP contribution in [0.1, 0.15) is 18.1 Å². The zero-order valence-corrected chi connectivity index (χ0v) is 9.49. The van der Waals surface area contributed by atoms with Crippen molar-refractivity contribution in [2.75, 3.05) is 0 Å². The van der Waals surface area contributed by atoms with E-state index >= 15 is 0 Å². The summed E-state index contributed by atoms with van der Waals surface area (Å²) < 4.78 is 0. The van der Waals surface area contributed by atoms with Crippen LogP contribution in [-0.2, 0) is 6.42 Å². The Balaban J connectivity index is 3.09. The third-order valence-electron chi connectivity index (χ3n) is 2.07. The van der Waals surface area contributed by atoms with Gasteiger partial charge in [-0.3, -0.25) is 0 Å². The highest BCUT2D eigenvalue weighted by molar-refractivity contribution is 7.80. The van der Waals surface area contributed by atoms with Crippen molar-refractivity contribution in [2.45, 2.75) is 25.2 Å². The summed E-state index contributed by atoms with van der Waals surface area (Å²) in [6.07, 6.45) is 5.05. The van der Waals surface area contributed by atoms with Gasteiger partial charge in [0.15, 0.2) is 0 Å². The minimum atomic E-state index is 0.817. The van der Waals surface area contributed by atoms with Crippen molar-refractivity contribution >= 4 is 24.2 Å². The van der Waals surface area contributed by atoms with Gasteiger partial charge in [0.1, 0.15) is 0 Å². The molecule has 0 N–H and O–H groups in total. The van der Waals surface area contributed by atoms with Gasteiger partial charge in [0.05, 0.1) is 0 Å². The van der Waals surface area contributed by atoms with Crippen molar-refractivity contribution in [3.8, 4) is 0 Å². The number of thiol groups is 1. The molecule has 0 aliphatic rings. The second-order valence-corrected chi connectivity index (χ2v) is 3.83. The van der Waals surface area contributed by atoms with E-state index in [0.717, 1.165) is 21.9 Å². The molecule has 0 saturated carbocycles. The summed E-state index contributed by atoms with van der Waals surface area (Å²) in [5.74, 6) is 0. The van der Waals surface area contributed by atoms with Crippen LogP contribution in [0.5, 0.6) is 0 Å². The molecule has 1 aromatic rings. The highest BCUT2D eigenvalue weighted by Gasteiger charge is 2.04. The number of hydrogen-bond donors (Lipinski definition) is 1. The molecule has 0 saturated heterocycles. The zero-order chi connectivity index (χ0) is 9.84. The molecule has 0 spiro atoms. The minimum Gasteiger partial charge on any atom is -0.143 e. The highest BCUT2D eigenvalue weighted by Crippen LogP contribution is 2.25. The Morgan fingerprint density at radius 1 is 1.46 bits per heavy atom. The van der Waals surface area contributed by atoms with Crippen LogP contribution < -0.4 is 0 Å². The average Bonchev–Trinajstić information content (AvgIpc) is 2.12. The maximum Gasteiger partial charge on any atom is 0.0438 e. The second kappa shape index (κ2) is 4.73. The summed E-state index contributed by atoms with van der Waals surface area (Å²) in [5, 5.41) is 0.817. The fraction of sp³-hybridized carbons (Fsp3) is 0.273. The minimum absolute atomic E-state index is 0.817. The molecule has 0 atom stereocenters. The lowest BCUT2D eigenvalue weighted by molar-refractivity contribution is 1.13. The molecular weight excluding hydrogens is 200 g/mol. The van der Waals surface area contributed by atoms with Crippen LogP contribution >= 0.6 is 24.2 Å². The molecule has 70 valence electrons. The molecular formula is C11H13ClS. The third-order valence-corrected chi connectivity index (χ3v) is 2.89. The molecule has 0 nitrogen and oxygen atoms in total. The monoisotopic (exact) mass is 212 g/mol. The number of benzene rings is 1. The van der Waals surface area contributed by atoms with E-state index in [0.29, 0.717) is 0 Å². The van der Waals surface area contributed by atoms with Gasteiger partial charge < -0.3 is 0 Å². The van der Waals surface area contributed by atoms with Crippen LogP contribution in [-0.4, -0.2) is 0 Å². The molecule has 0 unspecified atom stereocenters. The highest BCUT2D eigenvalue weighted by atomic mass is 35.5. The van der Waals surface area contributed by atoms with E-state index in [1.807, 2.05) is 32.1 Å². The summed E-state index contributed by atoms with van der Waals surface area (Å²) >= 11 is 10.4. The van der Waals surface area contributed by atoms with Crippen molar-refractivity contribution < 1.29 is 0 Å². The van der Waals surface area contributed by atoms with Crippen molar-refractivity contribution in [3.63, 3.8) is 0 Å². The van der Waals surface area contributed by atoms with E-state index in [4.69, 9.17) is 11.6 Å². The molecule has 1 aromatic carbocycles. The summed E-state index contributed by atoms with van der Waals surface area (Å²) in [4.78, 5) is 1.01. The van der Waals surface area contributed by atoms with E-state index in [9.17, 15) is 0 Å². The number of allylic oxidation sites excluding steroid dienone is 2. The molecule has 0 aliphatic carbocycles. The van der Waals surface area contributed by atoms with Gasteiger partial charge in [0.2, 0.25) is 0 Å². The van der Waals surface area contributed by atoms with Gasteiger partial charge in [0.25, 0.3) is 0 Å². The fourth-order valence-electron chi connectivity index (χ4n) is 1.21. The van der Waals surface area contributed by atoms with Crippen LogP contribution in [0.25, 0.3) is 0 Å². The topological polar surface area (TPSA) is 0 Å². The van der Waals surface area contributed by atoms with Crippen LogP contribution in [0.3, 0.4) is 0 Å². The largest absolute Gasteiger partial charge is 0.143 e. The van der Waals surface area contributed by atoms with Crippen molar-refractivity contribution in [1.82, 2.24) is 0 Å². The van der Waals surface area contributed by atoms with Gasteiger partial charge in [0, 0.05) is 9.92 Å². The molecule has 0 aliphatic heterocycles. The number of rotatable bonds is 2. The Kier molecular flexibility index (Phi) is 3.89. The first kappa shape index (κ1) is 10.7. The first-order valence-corrected chi connectivity index (χ1v) is 5.07. The van der Waals surface area contributed by atoms with E-state index in [1.54, 1.807) is 0 Å². The molecule has 2 heteroatoms. The Morgan fingerprint density at radius 2 is 2.15 bits per heavy atom. The molecule has 0 aromatic heterocycles. The van der Waals surface area contributed by atoms with E-state index in [2.05, 4.69) is 18.7 Å². The maximum absolute atomic E-state index is 6.01. The summed E-state index contributed by atoms with van der Waals surface area (Å²) in [6, 6.07) is 3.83. The Hall–Kier alpha value is -0.400. The Labute approximate surface area is 90.0 Å². The predicted molar refractivity (Wildman–Crippen MR) is 62.0 cm³/mol. The maximum atomic E-state index is 6.01. The van der Waals surface area contributed by atoms with Gasteiger partial charge in [-0.15, -0.1) is 12.6 Å². The number of halogens is 1. The SMILES string of the molecule is CC=CCc1c(S)ccc(Cl)c1C. The van der Waals surface area contributed by atoms with Gasteiger partial charge in [-0.05, 0) is 43.5 Å². The molecule has 1 rings (SSSR count). The first-order valence-electron chi connectivity index (χ1n) is 4.25. The zero-order valence-electron chi connectivity index (χ0n) is 7.84. The van der Waals surface area contributed by atoms with Crippen LogP contribution in [0, 0.1) is 6.92 Å². The number of hydrogen-bond acceptors (Lipinski definition) is 1. The Bertz CT molecular complexity index is 329. The lowest BCUT2D eigenvalue weighted by Gasteiger charge is -2.07. The first-order chi connectivity index (χ1) is 6.16. The van der Waals surface area contributed by atoms with E-state index in [1.165, 1.54) is 5.56 Å². The second-order valence-electron chi connectivity index (χ2n) is 2.94. The molecule has 0 heterocycles. The third kappa shape index (κ3) is 2.52. The average molecular weight is 213 g/mol. The van der Waals surface area contributed by atoms with Crippen molar-refractivity contribution in [1.29, 1.82) is 0 Å². The lowest BCUT2D eigenvalue weighted by atomic mass is 10.1. The van der Waals surface area contributed by atoms with Crippen LogP contribution in [0.15, 0.2) is 29.2 Å². The predicted octanol–water partition coefficient (Wildman–Crippen LogP) is 4.06. The summed E-state index contributed by atoms with van der Waals surface area (Å²) in [6.45, 7) is 4.04. The molecule has 0 bridgehead atoms. The van der Waals surface area contributed by atoms with Crippen LogP contribution in [0.4, 0.5) is 0 Å². The van der Waals surface area contributed by atoms with Gasteiger partial charge in [-0.25, -0.2) is 0 Å².